The second kappa shape index (κ2) is 7.16. The molecule has 0 radical (unpaired) electrons. The third-order valence-electron chi connectivity index (χ3n) is 7.14. The lowest BCUT2D eigenvalue weighted by Crippen LogP contribution is -2.32. The summed E-state index contributed by atoms with van der Waals surface area (Å²) in [4.78, 5) is 11.8. The highest BCUT2D eigenvalue weighted by molar-refractivity contribution is 6.43. The Morgan fingerprint density at radius 3 is 2.91 bits per heavy atom. The van der Waals surface area contributed by atoms with Crippen LogP contribution in [-0.2, 0) is 12.5 Å². The lowest BCUT2D eigenvalue weighted by molar-refractivity contribution is 0.544. The Bertz CT molecular complexity index is 1330. The average molecular weight is 469 g/mol. The van der Waals surface area contributed by atoms with E-state index in [1.54, 1.807) is 6.07 Å². The Morgan fingerprint density at radius 2 is 2.12 bits per heavy atom. The van der Waals surface area contributed by atoms with E-state index in [9.17, 15) is 0 Å². The summed E-state index contributed by atoms with van der Waals surface area (Å²) in [5, 5.41) is 13.0. The van der Waals surface area contributed by atoms with E-state index in [2.05, 4.69) is 31.2 Å². The van der Waals surface area contributed by atoms with Crippen molar-refractivity contribution in [1.82, 2.24) is 29.9 Å². The molecule has 164 valence electrons. The zero-order valence-electron chi connectivity index (χ0n) is 17.5. The molecule has 3 unspecified atom stereocenters. The molecule has 6 rings (SSSR count). The standard InChI is InChI=1S/C22H22Cl2N8/c1-31-7-6-16(30-31)22(11-25)13-5-8-32(10-14(13)22)17-9-26-20-19(28-29-21(20)27-17)12-3-2-4-15(23)18(12)24/h2-4,6-7,9,13-14H,5,8,10-11,25H2,1H3,(H,27,28,29). The van der Waals surface area contributed by atoms with Crippen molar-refractivity contribution in [2.75, 3.05) is 24.5 Å². The summed E-state index contributed by atoms with van der Waals surface area (Å²) in [6, 6.07) is 7.58. The summed E-state index contributed by atoms with van der Waals surface area (Å²) in [5.74, 6) is 1.87. The number of rotatable bonds is 4. The van der Waals surface area contributed by atoms with E-state index in [1.165, 1.54) is 0 Å². The van der Waals surface area contributed by atoms with Crippen molar-refractivity contribution in [3.8, 4) is 11.3 Å². The minimum atomic E-state index is -0.0297. The molecule has 4 aromatic rings. The van der Waals surface area contributed by atoms with Gasteiger partial charge < -0.3 is 10.6 Å². The van der Waals surface area contributed by atoms with Crippen LogP contribution in [0.15, 0.2) is 36.7 Å². The van der Waals surface area contributed by atoms with E-state index in [0.717, 1.165) is 36.6 Å². The predicted octanol–water partition coefficient (Wildman–Crippen LogP) is 3.41. The fraction of sp³-hybridized carbons (Fsp3) is 0.364. The van der Waals surface area contributed by atoms with Crippen molar-refractivity contribution < 1.29 is 0 Å². The average Bonchev–Trinajstić information content (AvgIpc) is 3.06. The smallest absolute Gasteiger partial charge is 0.177 e. The van der Waals surface area contributed by atoms with E-state index in [1.807, 2.05) is 36.3 Å². The molecule has 0 spiro atoms. The van der Waals surface area contributed by atoms with Gasteiger partial charge in [-0.25, -0.2) is 9.97 Å². The van der Waals surface area contributed by atoms with Crippen molar-refractivity contribution in [2.45, 2.75) is 11.8 Å². The third-order valence-corrected chi connectivity index (χ3v) is 7.96. The molecule has 32 heavy (non-hydrogen) atoms. The molecule has 3 N–H and O–H groups in total. The molecule has 8 nitrogen and oxygen atoms in total. The summed E-state index contributed by atoms with van der Waals surface area (Å²) in [6.45, 7) is 2.42. The number of nitrogens with zero attached hydrogens (tertiary/aromatic N) is 6. The van der Waals surface area contributed by atoms with Crippen LogP contribution < -0.4 is 10.6 Å². The zero-order chi connectivity index (χ0) is 22.0. The molecule has 1 aliphatic heterocycles. The van der Waals surface area contributed by atoms with E-state index in [0.29, 0.717) is 45.3 Å². The number of hydrogen-bond acceptors (Lipinski definition) is 6. The van der Waals surface area contributed by atoms with Crippen molar-refractivity contribution in [3.63, 3.8) is 0 Å². The van der Waals surface area contributed by atoms with Crippen molar-refractivity contribution in [2.24, 2.45) is 24.6 Å². The number of fused-ring (bicyclic) bond motifs is 2. The highest BCUT2D eigenvalue weighted by Crippen LogP contribution is 2.62. The number of aromatic nitrogens is 6. The van der Waals surface area contributed by atoms with Gasteiger partial charge in [-0.3, -0.25) is 9.78 Å². The Balaban J connectivity index is 1.29. The number of nitrogens with one attached hydrogen (secondary N) is 1. The number of H-pyrrole nitrogens is 1. The lowest BCUT2D eigenvalue weighted by atomic mass is 9.97. The highest BCUT2D eigenvalue weighted by atomic mass is 35.5. The fourth-order valence-corrected chi connectivity index (χ4v) is 5.85. The van der Waals surface area contributed by atoms with Crippen LogP contribution >= 0.6 is 23.2 Å². The van der Waals surface area contributed by atoms with Gasteiger partial charge in [0.15, 0.2) is 5.65 Å². The molecule has 4 heterocycles. The molecule has 10 heteroatoms. The number of hydrogen-bond donors (Lipinski definition) is 2. The first-order chi connectivity index (χ1) is 15.5. The van der Waals surface area contributed by atoms with Gasteiger partial charge in [0.1, 0.15) is 17.0 Å². The first kappa shape index (κ1) is 20.0. The molecule has 1 aliphatic carbocycles. The predicted molar refractivity (Wildman–Crippen MR) is 125 cm³/mol. The second-order valence-electron chi connectivity index (χ2n) is 8.67. The third kappa shape index (κ3) is 2.79. The van der Waals surface area contributed by atoms with Crippen molar-refractivity contribution in [1.29, 1.82) is 0 Å². The first-order valence-electron chi connectivity index (χ1n) is 10.6. The number of nitrogens with two attached hydrogens (primary N) is 1. The van der Waals surface area contributed by atoms with Crippen LogP contribution in [0.25, 0.3) is 22.4 Å². The van der Waals surface area contributed by atoms with E-state index in [4.69, 9.17) is 33.9 Å². The minimum absolute atomic E-state index is 0.0297. The van der Waals surface area contributed by atoms with Crippen LogP contribution in [0.5, 0.6) is 0 Å². The lowest BCUT2D eigenvalue weighted by Gasteiger charge is -2.26. The highest BCUT2D eigenvalue weighted by Gasteiger charge is 2.66. The monoisotopic (exact) mass is 468 g/mol. The first-order valence-corrected chi connectivity index (χ1v) is 11.4. The minimum Gasteiger partial charge on any atom is -0.355 e. The Kier molecular flexibility index (Phi) is 4.47. The maximum atomic E-state index is 6.39. The van der Waals surface area contributed by atoms with Crippen LogP contribution in [-0.4, -0.2) is 49.6 Å². The van der Waals surface area contributed by atoms with Gasteiger partial charge in [-0.15, -0.1) is 0 Å². The summed E-state index contributed by atoms with van der Waals surface area (Å²) in [6.07, 6.45) is 4.87. The van der Waals surface area contributed by atoms with Crippen LogP contribution in [0, 0.1) is 11.8 Å². The number of benzene rings is 1. The molecule has 3 aromatic heterocycles. The molecular weight excluding hydrogens is 447 g/mol. The summed E-state index contributed by atoms with van der Waals surface area (Å²) in [7, 11) is 1.95. The Labute approximate surface area is 194 Å². The van der Waals surface area contributed by atoms with Gasteiger partial charge in [0, 0.05) is 43.9 Å². The molecule has 0 bridgehead atoms. The quantitative estimate of drug-likeness (QED) is 0.475. The van der Waals surface area contributed by atoms with Gasteiger partial charge in [0.25, 0.3) is 0 Å². The normalized spacial score (nSPS) is 24.7. The molecule has 1 saturated heterocycles. The number of piperidine rings is 1. The summed E-state index contributed by atoms with van der Waals surface area (Å²) in [5.41, 5.74) is 10.0. The number of aromatic amines is 1. The van der Waals surface area contributed by atoms with Crippen LogP contribution in [0.1, 0.15) is 12.1 Å². The van der Waals surface area contributed by atoms with Crippen molar-refractivity contribution >= 4 is 40.2 Å². The molecule has 3 atom stereocenters. The largest absolute Gasteiger partial charge is 0.355 e. The van der Waals surface area contributed by atoms with Gasteiger partial charge >= 0.3 is 0 Å². The molecule has 1 aromatic carbocycles. The summed E-state index contributed by atoms with van der Waals surface area (Å²) >= 11 is 12.6. The zero-order valence-corrected chi connectivity index (χ0v) is 19.0. The molecule has 2 fully saturated rings. The molecule has 0 amide bonds. The number of anilines is 1. The molecule has 2 aliphatic rings. The van der Waals surface area contributed by atoms with Gasteiger partial charge in [0.2, 0.25) is 0 Å². The topological polar surface area (TPSA) is 102 Å². The Hall–Kier alpha value is -2.68. The van der Waals surface area contributed by atoms with Crippen LogP contribution in [0.3, 0.4) is 0 Å². The van der Waals surface area contributed by atoms with Gasteiger partial charge in [0.05, 0.1) is 21.9 Å². The number of halogens is 2. The maximum absolute atomic E-state index is 6.39. The van der Waals surface area contributed by atoms with E-state index < -0.39 is 0 Å². The second-order valence-corrected chi connectivity index (χ2v) is 9.45. The van der Waals surface area contributed by atoms with Crippen LogP contribution in [0.4, 0.5) is 5.82 Å². The van der Waals surface area contributed by atoms with Gasteiger partial charge in [-0.1, -0.05) is 35.3 Å². The Morgan fingerprint density at radius 1 is 1.25 bits per heavy atom. The molecular formula is C22H22Cl2N8. The fourth-order valence-electron chi connectivity index (χ4n) is 5.46. The summed E-state index contributed by atoms with van der Waals surface area (Å²) < 4.78 is 1.86. The molecule has 1 saturated carbocycles. The number of aryl methyl sites for hydroxylation is 1. The maximum Gasteiger partial charge on any atom is 0.177 e. The SMILES string of the molecule is Cn1ccc(C2(CN)C3CCN(c4cnc5c(-c6cccc(Cl)c6Cl)n[nH]c5n4)CC32)n1. The van der Waals surface area contributed by atoms with E-state index in [-0.39, 0.29) is 5.41 Å². The van der Waals surface area contributed by atoms with Gasteiger partial charge in [-0.05, 0) is 30.4 Å². The van der Waals surface area contributed by atoms with E-state index >= 15 is 0 Å². The van der Waals surface area contributed by atoms with Crippen LogP contribution in [0.2, 0.25) is 10.0 Å². The van der Waals surface area contributed by atoms with Crippen molar-refractivity contribution in [3.05, 3.63) is 52.4 Å². The van der Waals surface area contributed by atoms with Gasteiger partial charge in [-0.2, -0.15) is 10.2 Å².